The van der Waals surface area contributed by atoms with Crippen molar-refractivity contribution >= 4 is 17.1 Å². The van der Waals surface area contributed by atoms with Gasteiger partial charge in [0, 0.05) is 6.07 Å². The fourth-order valence-electron chi connectivity index (χ4n) is 2.79. The zero-order valence-electron chi connectivity index (χ0n) is 15.4. The molecule has 142 valence electrons. The number of methoxy groups -OCH3 is 3. The van der Waals surface area contributed by atoms with Crippen LogP contribution in [0.25, 0.3) is 16.9 Å². The first-order valence-electron chi connectivity index (χ1n) is 8.18. The van der Waals surface area contributed by atoms with Crippen LogP contribution in [0.3, 0.4) is 0 Å². The van der Waals surface area contributed by atoms with Gasteiger partial charge in [-0.1, -0.05) is 12.1 Å². The van der Waals surface area contributed by atoms with Gasteiger partial charge < -0.3 is 14.2 Å². The van der Waals surface area contributed by atoms with E-state index in [9.17, 15) is 9.59 Å². The number of hydrogen-bond donors (Lipinski definition) is 0. The summed E-state index contributed by atoms with van der Waals surface area (Å²) in [4.78, 5) is 29.0. The van der Waals surface area contributed by atoms with Gasteiger partial charge in [0.1, 0.15) is 12.4 Å². The highest BCUT2D eigenvalue weighted by atomic mass is 16.5. The fraction of sp³-hybridized carbons (Fsp3) is 0.353. The Labute approximate surface area is 154 Å². The van der Waals surface area contributed by atoms with E-state index in [1.807, 2.05) is 0 Å². The average molecular weight is 373 g/mol. The molecule has 0 spiro atoms. The Morgan fingerprint density at radius 1 is 1.19 bits per heavy atom. The number of rotatable bonds is 6. The standard InChI is InChI=1S/C17H19N5O5/c1-5-11(17(24)27-4)21-9-18-15-14(16(21)23)19-20-22(15)10-6-7-12(25-2)13(8-10)26-3/h6-9,11H,5H2,1-4H3/t11-/m1/s1. The first kappa shape index (κ1) is 18.4. The molecule has 1 atom stereocenters. The van der Waals surface area contributed by atoms with Crippen LogP contribution in [-0.4, -0.2) is 51.8 Å². The summed E-state index contributed by atoms with van der Waals surface area (Å²) in [5, 5.41) is 7.97. The van der Waals surface area contributed by atoms with Gasteiger partial charge in [0.2, 0.25) is 0 Å². The maximum Gasteiger partial charge on any atom is 0.329 e. The van der Waals surface area contributed by atoms with E-state index in [2.05, 4.69) is 15.3 Å². The van der Waals surface area contributed by atoms with Crippen LogP contribution < -0.4 is 15.0 Å². The van der Waals surface area contributed by atoms with Crippen LogP contribution in [0.15, 0.2) is 29.3 Å². The molecule has 0 saturated carbocycles. The van der Waals surface area contributed by atoms with Crippen LogP contribution in [0.2, 0.25) is 0 Å². The van der Waals surface area contributed by atoms with Gasteiger partial charge >= 0.3 is 5.97 Å². The first-order chi connectivity index (χ1) is 13.0. The minimum Gasteiger partial charge on any atom is -0.493 e. The summed E-state index contributed by atoms with van der Waals surface area (Å²) in [7, 11) is 4.34. The summed E-state index contributed by atoms with van der Waals surface area (Å²) in [6.07, 6.45) is 1.68. The topological polar surface area (TPSA) is 110 Å². The minimum atomic E-state index is -0.773. The molecule has 0 bridgehead atoms. The molecule has 0 unspecified atom stereocenters. The molecule has 3 aromatic rings. The molecule has 10 nitrogen and oxygen atoms in total. The van der Waals surface area contributed by atoms with Crippen LogP contribution in [0.4, 0.5) is 0 Å². The quantitative estimate of drug-likeness (QED) is 0.591. The van der Waals surface area contributed by atoms with Crippen LogP contribution in [0.1, 0.15) is 19.4 Å². The van der Waals surface area contributed by atoms with E-state index >= 15 is 0 Å². The second kappa shape index (κ2) is 7.44. The van der Waals surface area contributed by atoms with E-state index in [1.54, 1.807) is 25.1 Å². The molecule has 0 fully saturated rings. The van der Waals surface area contributed by atoms with Crippen molar-refractivity contribution in [2.45, 2.75) is 19.4 Å². The van der Waals surface area contributed by atoms with E-state index in [0.717, 1.165) is 0 Å². The summed E-state index contributed by atoms with van der Waals surface area (Å²) in [6.45, 7) is 1.78. The Hall–Kier alpha value is -3.43. The lowest BCUT2D eigenvalue weighted by Crippen LogP contribution is -2.30. The number of nitrogens with zero attached hydrogens (tertiary/aromatic N) is 5. The lowest BCUT2D eigenvalue weighted by atomic mass is 10.2. The highest BCUT2D eigenvalue weighted by molar-refractivity contribution is 5.75. The molecule has 1 aromatic carbocycles. The Bertz CT molecular complexity index is 1040. The maximum atomic E-state index is 12.8. The van der Waals surface area contributed by atoms with Crippen molar-refractivity contribution in [1.82, 2.24) is 24.5 Å². The van der Waals surface area contributed by atoms with Crippen LogP contribution in [-0.2, 0) is 9.53 Å². The highest BCUT2D eigenvalue weighted by Crippen LogP contribution is 2.29. The molecule has 2 aromatic heterocycles. The third kappa shape index (κ3) is 3.09. The number of benzene rings is 1. The average Bonchev–Trinajstić information content (AvgIpc) is 3.14. The molecule has 0 amide bonds. The van der Waals surface area contributed by atoms with Crippen LogP contribution in [0, 0.1) is 0 Å². The molecule has 27 heavy (non-hydrogen) atoms. The molecular weight excluding hydrogens is 354 g/mol. The number of carbonyl (C=O) groups is 1. The van der Waals surface area contributed by atoms with E-state index in [0.29, 0.717) is 23.6 Å². The fourth-order valence-corrected chi connectivity index (χ4v) is 2.79. The zero-order valence-corrected chi connectivity index (χ0v) is 15.4. The summed E-state index contributed by atoms with van der Waals surface area (Å²) >= 11 is 0. The van der Waals surface area contributed by atoms with Gasteiger partial charge in [0.25, 0.3) is 5.56 Å². The van der Waals surface area contributed by atoms with Gasteiger partial charge in [-0.05, 0) is 18.6 Å². The molecule has 0 aliphatic rings. The van der Waals surface area contributed by atoms with Crippen molar-refractivity contribution in [2.24, 2.45) is 0 Å². The maximum absolute atomic E-state index is 12.8. The third-order valence-electron chi connectivity index (χ3n) is 4.20. The van der Waals surface area contributed by atoms with Gasteiger partial charge in [-0.3, -0.25) is 9.36 Å². The lowest BCUT2D eigenvalue weighted by Gasteiger charge is -2.14. The van der Waals surface area contributed by atoms with Crippen molar-refractivity contribution in [3.63, 3.8) is 0 Å². The summed E-state index contributed by atoms with van der Waals surface area (Å²) in [5.74, 6) is 0.543. The number of ether oxygens (including phenoxy) is 3. The molecule has 0 N–H and O–H groups in total. The number of carbonyl (C=O) groups excluding carboxylic acids is 1. The van der Waals surface area contributed by atoms with Crippen molar-refractivity contribution in [3.05, 3.63) is 34.9 Å². The SMILES string of the molecule is CC[C@H](C(=O)OC)n1cnc2c(nnn2-c2ccc(OC)c(OC)c2)c1=O. The monoisotopic (exact) mass is 373 g/mol. The molecule has 10 heteroatoms. The van der Waals surface area contributed by atoms with Gasteiger partial charge in [-0.25, -0.2) is 9.78 Å². The van der Waals surface area contributed by atoms with E-state index in [1.165, 1.54) is 36.9 Å². The van der Waals surface area contributed by atoms with Gasteiger partial charge in [0.15, 0.2) is 22.7 Å². The second-order valence-electron chi connectivity index (χ2n) is 5.62. The highest BCUT2D eigenvalue weighted by Gasteiger charge is 2.23. The summed E-state index contributed by atoms with van der Waals surface area (Å²) in [6, 6.07) is 4.38. The normalized spacial score (nSPS) is 12.0. The van der Waals surface area contributed by atoms with E-state index < -0.39 is 17.6 Å². The zero-order chi connectivity index (χ0) is 19.6. The molecule has 3 rings (SSSR count). The largest absolute Gasteiger partial charge is 0.493 e. The number of aromatic nitrogens is 5. The van der Waals surface area contributed by atoms with Gasteiger partial charge in [-0.2, -0.15) is 4.68 Å². The van der Waals surface area contributed by atoms with Gasteiger partial charge in [-0.15, -0.1) is 5.10 Å². The molecule has 0 radical (unpaired) electrons. The molecule has 0 saturated heterocycles. The Balaban J connectivity index is 2.13. The Kier molecular flexibility index (Phi) is 5.06. The minimum absolute atomic E-state index is 0.0506. The molecule has 0 aliphatic carbocycles. The predicted molar refractivity (Wildman–Crippen MR) is 95.4 cm³/mol. The Morgan fingerprint density at radius 3 is 2.56 bits per heavy atom. The third-order valence-corrected chi connectivity index (χ3v) is 4.20. The van der Waals surface area contributed by atoms with E-state index in [4.69, 9.17) is 14.2 Å². The summed E-state index contributed by atoms with van der Waals surface area (Å²) < 4.78 is 17.9. The predicted octanol–water partition coefficient (Wildman–Crippen LogP) is 1.12. The van der Waals surface area contributed by atoms with E-state index in [-0.39, 0.29) is 11.2 Å². The number of esters is 1. The first-order valence-corrected chi connectivity index (χ1v) is 8.18. The van der Waals surface area contributed by atoms with Crippen LogP contribution >= 0.6 is 0 Å². The van der Waals surface area contributed by atoms with Crippen molar-refractivity contribution in [2.75, 3.05) is 21.3 Å². The summed E-state index contributed by atoms with van der Waals surface area (Å²) in [5.41, 5.74) is 0.446. The Morgan fingerprint density at radius 2 is 1.93 bits per heavy atom. The molecule has 2 heterocycles. The molecule has 0 aliphatic heterocycles. The van der Waals surface area contributed by atoms with Crippen molar-refractivity contribution in [1.29, 1.82) is 0 Å². The smallest absolute Gasteiger partial charge is 0.329 e. The van der Waals surface area contributed by atoms with Crippen molar-refractivity contribution in [3.8, 4) is 17.2 Å². The number of hydrogen-bond acceptors (Lipinski definition) is 8. The number of fused-ring (bicyclic) bond motifs is 1. The second-order valence-corrected chi connectivity index (χ2v) is 5.62. The molecular formula is C17H19N5O5. The van der Waals surface area contributed by atoms with Crippen molar-refractivity contribution < 1.29 is 19.0 Å². The van der Waals surface area contributed by atoms with Crippen LogP contribution in [0.5, 0.6) is 11.5 Å². The van der Waals surface area contributed by atoms with Gasteiger partial charge in [0.05, 0.1) is 27.0 Å². The lowest BCUT2D eigenvalue weighted by molar-refractivity contribution is -0.144.